The standard InChI is InChI=1S/C12H15N5O2/c1-7-10(8(2)19-17-7)6-15-12(18)11-4-3-9(16-13)5-14-11/h3-5,16H,6,13H2,1-2H3,(H,15,18). The SMILES string of the molecule is Cc1noc(C)c1CNC(=O)c1ccc(NN)cn1. The molecule has 2 aromatic heterocycles. The Morgan fingerprint density at radius 2 is 2.21 bits per heavy atom. The number of hydrogen-bond acceptors (Lipinski definition) is 6. The van der Waals surface area contributed by atoms with Gasteiger partial charge in [-0.15, -0.1) is 0 Å². The van der Waals surface area contributed by atoms with Gasteiger partial charge in [-0.2, -0.15) is 0 Å². The maximum absolute atomic E-state index is 11.9. The summed E-state index contributed by atoms with van der Waals surface area (Å²) in [5.41, 5.74) is 5.07. The molecule has 0 aliphatic rings. The largest absolute Gasteiger partial charge is 0.361 e. The summed E-state index contributed by atoms with van der Waals surface area (Å²) in [5, 5.41) is 6.59. The van der Waals surface area contributed by atoms with Gasteiger partial charge in [0.15, 0.2) is 0 Å². The van der Waals surface area contributed by atoms with Crippen LogP contribution in [0.15, 0.2) is 22.9 Å². The lowest BCUT2D eigenvalue weighted by molar-refractivity contribution is 0.0946. The highest BCUT2D eigenvalue weighted by atomic mass is 16.5. The molecule has 0 atom stereocenters. The second kappa shape index (κ2) is 5.49. The molecule has 0 bridgehead atoms. The van der Waals surface area contributed by atoms with Crippen molar-refractivity contribution >= 4 is 11.6 Å². The van der Waals surface area contributed by atoms with E-state index in [0.29, 0.717) is 23.7 Å². The summed E-state index contributed by atoms with van der Waals surface area (Å²) >= 11 is 0. The van der Waals surface area contributed by atoms with E-state index >= 15 is 0 Å². The Bertz CT molecular complexity index is 557. The van der Waals surface area contributed by atoms with Gasteiger partial charge in [0.2, 0.25) is 0 Å². The lowest BCUT2D eigenvalue weighted by Gasteiger charge is -2.05. The van der Waals surface area contributed by atoms with E-state index in [9.17, 15) is 4.79 Å². The number of aromatic nitrogens is 2. The highest BCUT2D eigenvalue weighted by molar-refractivity contribution is 5.92. The van der Waals surface area contributed by atoms with Crippen LogP contribution in [0.25, 0.3) is 0 Å². The summed E-state index contributed by atoms with van der Waals surface area (Å²) in [5.74, 6) is 5.67. The van der Waals surface area contributed by atoms with E-state index in [1.165, 1.54) is 6.20 Å². The Labute approximate surface area is 110 Å². The molecule has 100 valence electrons. The lowest BCUT2D eigenvalue weighted by Crippen LogP contribution is -2.24. The predicted molar refractivity (Wildman–Crippen MR) is 69.2 cm³/mol. The number of nitrogens with two attached hydrogens (primary N) is 1. The van der Waals surface area contributed by atoms with E-state index < -0.39 is 0 Å². The van der Waals surface area contributed by atoms with Gasteiger partial charge in [-0.25, -0.2) is 4.98 Å². The number of amides is 1. The van der Waals surface area contributed by atoms with Gasteiger partial charge in [0.05, 0.1) is 17.6 Å². The van der Waals surface area contributed by atoms with Crippen LogP contribution in [-0.4, -0.2) is 16.0 Å². The van der Waals surface area contributed by atoms with Crippen LogP contribution in [0.3, 0.4) is 0 Å². The first kappa shape index (κ1) is 13.0. The normalized spacial score (nSPS) is 10.3. The van der Waals surface area contributed by atoms with Crippen molar-refractivity contribution in [3.05, 3.63) is 41.0 Å². The number of nitrogens with zero attached hydrogens (tertiary/aromatic N) is 2. The van der Waals surface area contributed by atoms with E-state index in [2.05, 4.69) is 20.9 Å². The van der Waals surface area contributed by atoms with Gasteiger partial charge in [0.1, 0.15) is 11.5 Å². The molecule has 1 amide bonds. The molecule has 0 aliphatic carbocycles. The molecule has 19 heavy (non-hydrogen) atoms. The fraction of sp³-hybridized carbons (Fsp3) is 0.250. The van der Waals surface area contributed by atoms with E-state index in [0.717, 1.165) is 11.3 Å². The van der Waals surface area contributed by atoms with Crippen molar-refractivity contribution in [1.29, 1.82) is 0 Å². The topological polar surface area (TPSA) is 106 Å². The first-order valence-electron chi connectivity index (χ1n) is 5.74. The van der Waals surface area contributed by atoms with Crippen LogP contribution >= 0.6 is 0 Å². The van der Waals surface area contributed by atoms with Crippen molar-refractivity contribution in [1.82, 2.24) is 15.5 Å². The molecular weight excluding hydrogens is 246 g/mol. The average Bonchev–Trinajstić information content (AvgIpc) is 2.75. The summed E-state index contributed by atoms with van der Waals surface area (Å²) in [6.45, 7) is 4.00. The molecule has 2 aromatic rings. The smallest absolute Gasteiger partial charge is 0.270 e. The van der Waals surface area contributed by atoms with E-state index in [4.69, 9.17) is 10.4 Å². The average molecular weight is 261 g/mol. The van der Waals surface area contributed by atoms with Gasteiger partial charge < -0.3 is 15.3 Å². The number of anilines is 1. The number of hydrogen-bond donors (Lipinski definition) is 3. The van der Waals surface area contributed by atoms with Gasteiger partial charge >= 0.3 is 0 Å². The zero-order valence-corrected chi connectivity index (χ0v) is 10.7. The van der Waals surface area contributed by atoms with E-state index in [1.54, 1.807) is 19.1 Å². The monoisotopic (exact) mass is 261 g/mol. The number of pyridine rings is 1. The molecule has 0 saturated heterocycles. The second-order valence-corrected chi connectivity index (χ2v) is 4.06. The predicted octanol–water partition coefficient (Wildman–Crippen LogP) is 0.902. The molecule has 0 spiro atoms. The number of aryl methyl sites for hydroxylation is 2. The number of carbonyl (C=O) groups is 1. The third kappa shape index (κ3) is 2.89. The third-order valence-corrected chi connectivity index (χ3v) is 2.77. The van der Waals surface area contributed by atoms with Gasteiger partial charge in [0, 0.05) is 12.1 Å². The molecule has 0 saturated carbocycles. The van der Waals surface area contributed by atoms with Crippen molar-refractivity contribution in [3.63, 3.8) is 0 Å². The highest BCUT2D eigenvalue weighted by Gasteiger charge is 2.12. The molecule has 0 radical (unpaired) electrons. The molecular formula is C12H15N5O2. The van der Waals surface area contributed by atoms with Crippen molar-refractivity contribution in [2.45, 2.75) is 20.4 Å². The fourth-order valence-corrected chi connectivity index (χ4v) is 1.63. The van der Waals surface area contributed by atoms with E-state index in [1.807, 2.05) is 6.92 Å². The van der Waals surface area contributed by atoms with Gasteiger partial charge in [-0.05, 0) is 26.0 Å². The first-order chi connectivity index (χ1) is 9.11. The maximum atomic E-state index is 11.9. The van der Waals surface area contributed by atoms with Crippen LogP contribution in [0.2, 0.25) is 0 Å². The Hall–Kier alpha value is -2.41. The zero-order chi connectivity index (χ0) is 13.8. The van der Waals surface area contributed by atoms with Crippen LogP contribution in [0.5, 0.6) is 0 Å². The third-order valence-electron chi connectivity index (χ3n) is 2.77. The highest BCUT2D eigenvalue weighted by Crippen LogP contribution is 2.12. The number of rotatable bonds is 4. The summed E-state index contributed by atoms with van der Waals surface area (Å²) in [7, 11) is 0. The molecule has 0 aromatic carbocycles. The lowest BCUT2D eigenvalue weighted by atomic mass is 10.2. The maximum Gasteiger partial charge on any atom is 0.270 e. The van der Waals surface area contributed by atoms with Crippen LogP contribution in [-0.2, 0) is 6.54 Å². The Morgan fingerprint density at radius 3 is 2.74 bits per heavy atom. The van der Waals surface area contributed by atoms with Gasteiger partial charge in [0.25, 0.3) is 5.91 Å². The summed E-state index contributed by atoms with van der Waals surface area (Å²) < 4.78 is 5.02. The Kier molecular flexibility index (Phi) is 3.76. The summed E-state index contributed by atoms with van der Waals surface area (Å²) in [6.07, 6.45) is 1.49. The van der Waals surface area contributed by atoms with Gasteiger partial charge in [-0.3, -0.25) is 10.6 Å². The minimum Gasteiger partial charge on any atom is -0.361 e. The quantitative estimate of drug-likeness (QED) is 0.557. The molecule has 2 rings (SSSR count). The first-order valence-corrected chi connectivity index (χ1v) is 5.74. The van der Waals surface area contributed by atoms with Crippen molar-refractivity contribution < 1.29 is 9.32 Å². The Morgan fingerprint density at radius 1 is 1.42 bits per heavy atom. The zero-order valence-electron chi connectivity index (χ0n) is 10.7. The Balaban J connectivity index is 2.01. The molecule has 7 nitrogen and oxygen atoms in total. The molecule has 0 aliphatic heterocycles. The minimum absolute atomic E-state index is 0.261. The van der Waals surface area contributed by atoms with Gasteiger partial charge in [-0.1, -0.05) is 5.16 Å². The number of nitrogen functional groups attached to an aromatic ring is 1. The minimum atomic E-state index is -0.261. The molecule has 7 heteroatoms. The van der Waals surface area contributed by atoms with Crippen molar-refractivity contribution in [2.24, 2.45) is 5.84 Å². The van der Waals surface area contributed by atoms with Crippen LogP contribution in [0, 0.1) is 13.8 Å². The second-order valence-electron chi connectivity index (χ2n) is 4.06. The van der Waals surface area contributed by atoms with Crippen molar-refractivity contribution in [2.75, 3.05) is 5.43 Å². The fourth-order valence-electron chi connectivity index (χ4n) is 1.63. The van der Waals surface area contributed by atoms with E-state index in [-0.39, 0.29) is 5.91 Å². The molecule has 4 N–H and O–H groups in total. The van der Waals surface area contributed by atoms with Crippen LogP contribution < -0.4 is 16.6 Å². The van der Waals surface area contributed by atoms with Crippen molar-refractivity contribution in [3.8, 4) is 0 Å². The summed E-state index contributed by atoms with van der Waals surface area (Å²) in [6, 6.07) is 3.27. The summed E-state index contributed by atoms with van der Waals surface area (Å²) in [4.78, 5) is 15.9. The molecule has 0 unspecified atom stereocenters. The molecule has 2 heterocycles. The number of hydrazine groups is 1. The number of carbonyl (C=O) groups excluding carboxylic acids is 1. The number of nitrogens with one attached hydrogen (secondary N) is 2. The molecule has 0 fully saturated rings. The van der Waals surface area contributed by atoms with Crippen LogP contribution in [0.4, 0.5) is 5.69 Å². The van der Waals surface area contributed by atoms with Crippen LogP contribution in [0.1, 0.15) is 27.5 Å².